The molecule has 3 rings (SSSR count). The molecule has 0 unspecified atom stereocenters. The first kappa shape index (κ1) is 16.9. The third-order valence-corrected chi connectivity index (χ3v) is 3.40. The molecular weight excluding hydrogens is 294 g/mol. The van der Waals surface area contributed by atoms with E-state index in [2.05, 4.69) is 21.2 Å². The number of rotatable bonds is 5. The fourth-order valence-corrected chi connectivity index (χ4v) is 2.11. The molecular formula is C16H25N5O2. The normalized spacial score (nSPS) is 11.7. The van der Waals surface area contributed by atoms with Crippen molar-refractivity contribution in [3.8, 4) is 11.5 Å². The first-order valence-electron chi connectivity index (χ1n) is 7.83. The SMILES string of the molecule is CC.CN(C)c1n[nH]c(N(C)CCc2ccc3c(c2)OCO3)n1. The smallest absolute Gasteiger partial charge is 0.245 e. The fraction of sp³-hybridized carbons (Fsp3) is 0.500. The van der Waals surface area contributed by atoms with Gasteiger partial charge < -0.3 is 19.3 Å². The van der Waals surface area contributed by atoms with Crippen molar-refractivity contribution >= 4 is 11.9 Å². The van der Waals surface area contributed by atoms with Crippen LogP contribution in [-0.2, 0) is 6.42 Å². The average Bonchev–Trinajstić information content (AvgIpc) is 3.23. The maximum absolute atomic E-state index is 5.39. The Morgan fingerprint density at radius 3 is 2.57 bits per heavy atom. The molecule has 126 valence electrons. The van der Waals surface area contributed by atoms with Crippen LogP contribution in [-0.4, -0.2) is 49.7 Å². The highest BCUT2D eigenvalue weighted by atomic mass is 16.7. The van der Waals surface area contributed by atoms with Crippen molar-refractivity contribution in [3.05, 3.63) is 23.8 Å². The number of likely N-dealkylation sites (N-methyl/N-ethyl adjacent to an activating group) is 1. The lowest BCUT2D eigenvalue weighted by Crippen LogP contribution is -2.21. The molecule has 1 N–H and O–H groups in total. The Hall–Kier alpha value is -2.44. The standard InChI is InChI=1S/C14H19N5O2.C2H6/c1-18(2)13-15-14(17-16-13)19(3)7-6-10-4-5-11-12(8-10)21-9-20-11;1-2/h4-5,8H,6-7,9H2,1-3H3,(H,15,16,17);1-2H3. The summed E-state index contributed by atoms with van der Waals surface area (Å²) in [5, 5.41) is 7.09. The summed E-state index contributed by atoms with van der Waals surface area (Å²) in [4.78, 5) is 8.33. The zero-order chi connectivity index (χ0) is 16.8. The van der Waals surface area contributed by atoms with Crippen LogP contribution in [0.25, 0.3) is 0 Å². The van der Waals surface area contributed by atoms with Crippen LogP contribution < -0.4 is 19.3 Å². The molecule has 0 spiro atoms. The molecule has 0 saturated carbocycles. The lowest BCUT2D eigenvalue weighted by molar-refractivity contribution is 0.174. The third kappa shape index (κ3) is 4.06. The zero-order valence-corrected chi connectivity index (χ0v) is 14.5. The number of aromatic amines is 1. The first-order chi connectivity index (χ1) is 11.1. The van der Waals surface area contributed by atoms with Gasteiger partial charge in [-0.15, -0.1) is 5.10 Å². The quantitative estimate of drug-likeness (QED) is 0.912. The third-order valence-electron chi connectivity index (χ3n) is 3.40. The van der Waals surface area contributed by atoms with Crippen LogP contribution in [0.3, 0.4) is 0 Å². The van der Waals surface area contributed by atoms with Gasteiger partial charge in [0.15, 0.2) is 11.5 Å². The summed E-state index contributed by atoms with van der Waals surface area (Å²) in [7, 11) is 5.83. The van der Waals surface area contributed by atoms with Gasteiger partial charge >= 0.3 is 0 Å². The maximum Gasteiger partial charge on any atom is 0.245 e. The number of hydrogen-bond donors (Lipinski definition) is 1. The molecule has 0 aliphatic carbocycles. The number of H-pyrrole nitrogens is 1. The fourth-order valence-electron chi connectivity index (χ4n) is 2.11. The van der Waals surface area contributed by atoms with Gasteiger partial charge in [0.1, 0.15) is 0 Å². The van der Waals surface area contributed by atoms with Crippen LogP contribution in [0.15, 0.2) is 18.2 Å². The van der Waals surface area contributed by atoms with Crippen molar-refractivity contribution in [1.82, 2.24) is 15.2 Å². The van der Waals surface area contributed by atoms with E-state index in [1.54, 1.807) is 0 Å². The minimum absolute atomic E-state index is 0.310. The van der Waals surface area contributed by atoms with E-state index in [1.165, 1.54) is 5.56 Å². The van der Waals surface area contributed by atoms with Crippen molar-refractivity contribution in [3.63, 3.8) is 0 Å². The van der Waals surface area contributed by atoms with E-state index in [-0.39, 0.29) is 0 Å². The second-order valence-corrected chi connectivity index (χ2v) is 5.21. The van der Waals surface area contributed by atoms with Crippen molar-refractivity contribution < 1.29 is 9.47 Å². The zero-order valence-electron chi connectivity index (χ0n) is 14.5. The molecule has 1 aromatic heterocycles. The van der Waals surface area contributed by atoms with Gasteiger partial charge in [-0.2, -0.15) is 4.98 Å². The number of benzene rings is 1. The number of anilines is 2. The lowest BCUT2D eigenvalue weighted by Gasteiger charge is -2.15. The molecule has 0 amide bonds. The second-order valence-electron chi connectivity index (χ2n) is 5.21. The molecule has 0 bridgehead atoms. The van der Waals surface area contributed by atoms with E-state index >= 15 is 0 Å². The monoisotopic (exact) mass is 319 g/mol. The Morgan fingerprint density at radius 1 is 1.13 bits per heavy atom. The van der Waals surface area contributed by atoms with E-state index in [1.807, 2.05) is 56.9 Å². The summed E-state index contributed by atoms with van der Waals surface area (Å²) in [5.41, 5.74) is 1.21. The van der Waals surface area contributed by atoms with Crippen molar-refractivity contribution in [2.24, 2.45) is 0 Å². The average molecular weight is 319 g/mol. The summed E-state index contributed by atoms with van der Waals surface area (Å²) >= 11 is 0. The molecule has 7 nitrogen and oxygen atoms in total. The Kier molecular flexibility index (Phi) is 5.67. The van der Waals surface area contributed by atoms with Crippen LogP contribution in [0, 0.1) is 0 Å². The van der Waals surface area contributed by atoms with E-state index in [9.17, 15) is 0 Å². The molecule has 0 saturated heterocycles. The van der Waals surface area contributed by atoms with Gasteiger partial charge in [0.05, 0.1) is 0 Å². The minimum atomic E-state index is 0.310. The van der Waals surface area contributed by atoms with Gasteiger partial charge in [0.25, 0.3) is 0 Å². The molecule has 1 aromatic carbocycles. The summed E-state index contributed by atoms with van der Waals surface area (Å²) < 4.78 is 10.7. The van der Waals surface area contributed by atoms with Crippen LogP contribution in [0.5, 0.6) is 11.5 Å². The number of fused-ring (bicyclic) bond motifs is 1. The molecule has 0 radical (unpaired) electrons. The topological polar surface area (TPSA) is 66.5 Å². The maximum atomic E-state index is 5.39. The largest absolute Gasteiger partial charge is 0.454 e. The van der Waals surface area contributed by atoms with E-state index in [0.717, 1.165) is 30.4 Å². The second kappa shape index (κ2) is 7.71. The van der Waals surface area contributed by atoms with Crippen LogP contribution in [0.2, 0.25) is 0 Å². The Balaban J connectivity index is 0.000000924. The van der Waals surface area contributed by atoms with Crippen molar-refractivity contribution in [1.29, 1.82) is 0 Å². The Morgan fingerprint density at radius 2 is 1.87 bits per heavy atom. The molecule has 23 heavy (non-hydrogen) atoms. The number of hydrogen-bond acceptors (Lipinski definition) is 6. The predicted molar refractivity (Wildman–Crippen MR) is 91.6 cm³/mol. The van der Waals surface area contributed by atoms with Gasteiger partial charge in [-0.25, -0.2) is 5.10 Å². The first-order valence-corrected chi connectivity index (χ1v) is 7.83. The molecule has 0 fully saturated rings. The highest BCUT2D eigenvalue weighted by Crippen LogP contribution is 2.32. The molecule has 2 aromatic rings. The minimum Gasteiger partial charge on any atom is -0.454 e. The van der Waals surface area contributed by atoms with E-state index in [4.69, 9.17) is 9.47 Å². The molecule has 1 aliphatic rings. The van der Waals surface area contributed by atoms with Gasteiger partial charge in [0, 0.05) is 27.7 Å². The summed E-state index contributed by atoms with van der Waals surface area (Å²) in [6.45, 7) is 5.14. The van der Waals surface area contributed by atoms with E-state index < -0.39 is 0 Å². The lowest BCUT2D eigenvalue weighted by atomic mass is 10.1. The number of aromatic nitrogens is 3. The van der Waals surface area contributed by atoms with Gasteiger partial charge in [-0.05, 0) is 24.1 Å². The molecule has 0 atom stereocenters. The molecule has 2 heterocycles. The Labute approximate surface area is 137 Å². The van der Waals surface area contributed by atoms with Gasteiger partial charge in [0.2, 0.25) is 18.7 Å². The highest BCUT2D eigenvalue weighted by Gasteiger charge is 2.14. The summed E-state index contributed by atoms with van der Waals surface area (Å²) in [6, 6.07) is 6.05. The number of ether oxygens (including phenoxy) is 2. The predicted octanol–water partition coefficient (Wildman–Crippen LogP) is 2.30. The Bertz CT molecular complexity index is 627. The number of nitrogens with zero attached hydrogens (tertiary/aromatic N) is 4. The summed E-state index contributed by atoms with van der Waals surface area (Å²) in [6.07, 6.45) is 0.894. The van der Waals surface area contributed by atoms with Crippen LogP contribution >= 0.6 is 0 Å². The van der Waals surface area contributed by atoms with Crippen molar-refractivity contribution in [2.45, 2.75) is 20.3 Å². The van der Waals surface area contributed by atoms with Gasteiger partial charge in [-0.3, -0.25) is 0 Å². The van der Waals surface area contributed by atoms with Crippen molar-refractivity contribution in [2.75, 3.05) is 44.3 Å². The van der Waals surface area contributed by atoms with Crippen LogP contribution in [0.4, 0.5) is 11.9 Å². The molecule has 7 heteroatoms. The van der Waals surface area contributed by atoms with E-state index in [0.29, 0.717) is 12.7 Å². The van der Waals surface area contributed by atoms with Crippen LogP contribution in [0.1, 0.15) is 19.4 Å². The summed E-state index contributed by atoms with van der Waals surface area (Å²) in [5.74, 6) is 3.09. The highest BCUT2D eigenvalue weighted by molar-refractivity contribution is 5.45. The number of nitrogens with one attached hydrogen (secondary N) is 1. The molecule has 1 aliphatic heterocycles. The van der Waals surface area contributed by atoms with Gasteiger partial charge in [-0.1, -0.05) is 19.9 Å².